The van der Waals surface area contributed by atoms with Gasteiger partial charge >= 0.3 is 5.97 Å². The number of furan rings is 1. The number of aromatic carboxylic acids is 1. The van der Waals surface area contributed by atoms with Crippen LogP contribution in [0.2, 0.25) is 0 Å². The molecule has 0 radical (unpaired) electrons. The predicted octanol–water partition coefficient (Wildman–Crippen LogP) is 3.82. The fourth-order valence-corrected chi connectivity index (χ4v) is 2.51. The molecule has 0 atom stereocenters. The number of rotatable bonds is 6. The van der Waals surface area contributed by atoms with Gasteiger partial charge in [0.05, 0.1) is 11.8 Å². The van der Waals surface area contributed by atoms with Gasteiger partial charge in [0, 0.05) is 11.8 Å². The highest BCUT2D eigenvalue weighted by Gasteiger charge is 2.17. The van der Waals surface area contributed by atoms with Gasteiger partial charge in [-0.3, -0.25) is 4.79 Å². The summed E-state index contributed by atoms with van der Waals surface area (Å²) in [5.41, 5.74) is 1.26. The van der Waals surface area contributed by atoms with Gasteiger partial charge < -0.3 is 24.7 Å². The van der Waals surface area contributed by atoms with Gasteiger partial charge in [-0.15, -0.1) is 0 Å². The van der Waals surface area contributed by atoms with Crippen molar-refractivity contribution in [1.82, 2.24) is 0 Å². The molecule has 0 spiro atoms. The Kier molecular flexibility index (Phi) is 5.12. The largest absolute Gasteiger partial charge is 0.507 e. The van der Waals surface area contributed by atoms with Crippen molar-refractivity contribution < 1.29 is 29.0 Å². The van der Waals surface area contributed by atoms with E-state index in [1.807, 2.05) is 31.2 Å². The molecule has 3 N–H and O–H groups in total. The van der Waals surface area contributed by atoms with Gasteiger partial charge in [0.1, 0.15) is 23.7 Å². The molecule has 7 heteroatoms. The molecule has 138 valence electrons. The molecule has 7 nitrogen and oxygen atoms in total. The van der Waals surface area contributed by atoms with Crippen LogP contribution < -0.4 is 10.1 Å². The highest BCUT2D eigenvalue weighted by Crippen LogP contribution is 2.24. The number of amides is 1. The molecular formula is C20H17NO6. The van der Waals surface area contributed by atoms with Crippen molar-refractivity contribution in [2.24, 2.45) is 0 Å². The van der Waals surface area contributed by atoms with Crippen LogP contribution in [0.1, 0.15) is 32.0 Å². The first-order valence-corrected chi connectivity index (χ1v) is 8.08. The lowest BCUT2D eigenvalue weighted by molar-refractivity contribution is 0.0693. The predicted molar refractivity (Wildman–Crippen MR) is 97.2 cm³/mol. The zero-order chi connectivity index (χ0) is 19.4. The van der Waals surface area contributed by atoms with Crippen molar-refractivity contribution in [3.05, 3.63) is 77.2 Å². The minimum Gasteiger partial charge on any atom is -0.507 e. The highest BCUT2D eigenvalue weighted by atomic mass is 16.5. The van der Waals surface area contributed by atoms with Crippen LogP contribution in [-0.2, 0) is 6.61 Å². The van der Waals surface area contributed by atoms with Crippen molar-refractivity contribution in [3.8, 4) is 11.5 Å². The van der Waals surface area contributed by atoms with Crippen LogP contribution in [0.4, 0.5) is 5.69 Å². The van der Waals surface area contributed by atoms with E-state index in [1.54, 1.807) is 0 Å². The number of carboxylic acid groups (broad SMARTS) is 1. The van der Waals surface area contributed by atoms with E-state index in [4.69, 9.17) is 14.3 Å². The van der Waals surface area contributed by atoms with E-state index < -0.39 is 17.6 Å². The summed E-state index contributed by atoms with van der Waals surface area (Å²) < 4.78 is 11.1. The first kappa shape index (κ1) is 18.1. The Hall–Kier alpha value is -3.74. The molecule has 0 aliphatic carbocycles. The van der Waals surface area contributed by atoms with Crippen molar-refractivity contribution in [1.29, 1.82) is 0 Å². The van der Waals surface area contributed by atoms with Gasteiger partial charge in [0.15, 0.2) is 5.76 Å². The lowest BCUT2D eigenvalue weighted by Gasteiger charge is -2.09. The maximum absolute atomic E-state index is 12.5. The monoisotopic (exact) mass is 367 g/mol. The lowest BCUT2D eigenvalue weighted by Crippen LogP contribution is -2.14. The van der Waals surface area contributed by atoms with E-state index in [-0.39, 0.29) is 23.4 Å². The first-order chi connectivity index (χ1) is 13.0. The summed E-state index contributed by atoms with van der Waals surface area (Å²) in [6.45, 7) is 1.99. The molecule has 27 heavy (non-hydrogen) atoms. The Labute approximate surface area is 154 Å². The summed E-state index contributed by atoms with van der Waals surface area (Å²) in [5.74, 6) is -1.11. The Bertz CT molecular complexity index is 992. The number of carbonyl (C=O) groups is 2. The molecule has 0 saturated carbocycles. The van der Waals surface area contributed by atoms with Crippen LogP contribution in [0.15, 0.2) is 59.2 Å². The molecule has 3 rings (SSSR count). The Balaban J connectivity index is 1.71. The number of carbonyl (C=O) groups excluding carboxylic acids is 1. The van der Waals surface area contributed by atoms with Crippen molar-refractivity contribution in [2.75, 3.05) is 5.32 Å². The molecule has 0 saturated heterocycles. The van der Waals surface area contributed by atoms with Crippen LogP contribution in [0.25, 0.3) is 0 Å². The summed E-state index contributed by atoms with van der Waals surface area (Å²) in [5, 5.41) is 21.2. The number of benzene rings is 2. The van der Waals surface area contributed by atoms with Gasteiger partial charge in [0.25, 0.3) is 5.91 Å². The number of ether oxygens (including phenoxy) is 1. The summed E-state index contributed by atoms with van der Waals surface area (Å²) >= 11 is 0. The van der Waals surface area contributed by atoms with Crippen molar-refractivity contribution >= 4 is 17.6 Å². The maximum Gasteiger partial charge on any atom is 0.339 e. The van der Waals surface area contributed by atoms with Crippen LogP contribution in [0.3, 0.4) is 0 Å². The molecule has 0 bridgehead atoms. The number of para-hydroxylation sites is 1. The third kappa shape index (κ3) is 4.09. The molecular weight excluding hydrogens is 350 g/mol. The third-order valence-electron chi connectivity index (χ3n) is 3.93. The Morgan fingerprint density at radius 3 is 2.59 bits per heavy atom. The number of hydrogen-bond donors (Lipinski definition) is 3. The number of hydrogen-bond acceptors (Lipinski definition) is 5. The second kappa shape index (κ2) is 7.65. The first-order valence-electron chi connectivity index (χ1n) is 8.08. The fraction of sp³-hybridized carbons (Fsp3) is 0.100. The van der Waals surface area contributed by atoms with Crippen LogP contribution >= 0.6 is 0 Å². The molecule has 0 fully saturated rings. The molecule has 3 aromatic rings. The summed E-state index contributed by atoms with van der Waals surface area (Å²) in [6.07, 6.45) is 1.39. The van der Waals surface area contributed by atoms with Gasteiger partial charge in [-0.05, 0) is 36.8 Å². The second-order valence-corrected chi connectivity index (χ2v) is 5.80. The number of aromatic hydroxyl groups is 1. The SMILES string of the molecule is Cc1ccccc1OCc1occc1C(=O)Nc1ccc(C(=O)O)c(O)c1. The molecule has 0 aliphatic rings. The average Bonchev–Trinajstić information content (AvgIpc) is 3.09. The lowest BCUT2D eigenvalue weighted by atomic mass is 10.1. The summed E-state index contributed by atoms with van der Waals surface area (Å²) in [6, 6.07) is 12.8. The topological polar surface area (TPSA) is 109 Å². The standard InChI is InChI=1S/C20H17NO6/c1-12-4-2-3-5-17(12)27-11-18-15(8-9-26-18)19(23)21-13-6-7-14(20(24)25)16(22)10-13/h2-10,22H,11H2,1H3,(H,21,23)(H,24,25). The average molecular weight is 367 g/mol. The van der Waals surface area contributed by atoms with Crippen LogP contribution in [-0.4, -0.2) is 22.1 Å². The molecule has 0 aliphatic heterocycles. The maximum atomic E-state index is 12.5. The quantitative estimate of drug-likeness (QED) is 0.611. The normalized spacial score (nSPS) is 10.4. The number of carboxylic acids is 1. The van der Waals surface area contributed by atoms with E-state index in [1.165, 1.54) is 30.5 Å². The summed E-state index contributed by atoms with van der Waals surface area (Å²) in [7, 11) is 0. The van der Waals surface area contributed by atoms with Gasteiger partial charge in [-0.1, -0.05) is 18.2 Å². The van der Waals surface area contributed by atoms with E-state index in [2.05, 4.69) is 5.32 Å². The van der Waals surface area contributed by atoms with Gasteiger partial charge in [-0.2, -0.15) is 0 Å². The molecule has 1 aromatic heterocycles. The zero-order valence-electron chi connectivity index (χ0n) is 14.4. The number of phenols is 1. The smallest absolute Gasteiger partial charge is 0.339 e. The number of aryl methyl sites for hydroxylation is 1. The molecule has 2 aromatic carbocycles. The van der Waals surface area contributed by atoms with Crippen molar-refractivity contribution in [3.63, 3.8) is 0 Å². The van der Waals surface area contributed by atoms with Gasteiger partial charge in [0.2, 0.25) is 0 Å². The van der Waals surface area contributed by atoms with E-state index in [0.29, 0.717) is 11.5 Å². The molecule has 1 heterocycles. The molecule has 0 unspecified atom stereocenters. The zero-order valence-corrected chi connectivity index (χ0v) is 14.4. The van der Waals surface area contributed by atoms with Gasteiger partial charge in [-0.25, -0.2) is 4.79 Å². The third-order valence-corrected chi connectivity index (χ3v) is 3.93. The fourth-order valence-electron chi connectivity index (χ4n) is 2.51. The van der Waals surface area contributed by atoms with E-state index >= 15 is 0 Å². The number of nitrogens with one attached hydrogen (secondary N) is 1. The van der Waals surface area contributed by atoms with Crippen LogP contribution in [0.5, 0.6) is 11.5 Å². The van der Waals surface area contributed by atoms with E-state index in [9.17, 15) is 14.7 Å². The Morgan fingerprint density at radius 1 is 1.11 bits per heavy atom. The minimum absolute atomic E-state index is 0.0732. The summed E-state index contributed by atoms with van der Waals surface area (Å²) in [4.78, 5) is 23.4. The van der Waals surface area contributed by atoms with Crippen LogP contribution in [0, 0.1) is 6.92 Å². The number of anilines is 1. The van der Waals surface area contributed by atoms with Crippen molar-refractivity contribution in [2.45, 2.75) is 13.5 Å². The van der Waals surface area contributed by atoms with E-state index in [0.717, 1.165) is 5.56 Å². The minimum atomic E-state index is -1.25. The second-order valence-electron chi connectivity index (χ2n) is 5.80. The highest BCUT2D eigenvalue weighted by molar-refractivity contribution is 6.05. The molecule has 1 amide bonds. The Morgan fingerprint density at radius 2 is 1.89 bits per heavy atom.